The lowest BCUT2D eigenvalue weighted by Crippen LogP contribution is -2.61. The number of ether oxygens (including phenoxy) is 3. The lowest BCUT2D eigenvalue weighted by atomic mass is 9.84. The zero-order valence-corrected chi connectivity index (χ0v) is 43.6. The summed E-state index contributed by atoms with van der Waals surface area (Å²) < 4.78 is 94.1. The Hall–Kier alpha value is -5.00. The van der Waals surface area contributed by atoms with Crippen molar-refractivity contribution in [1.29, 1.82) is 0 Å². The number of hydrogen-bond acceptors (Lipinski definition) is 13. The number of piperazine rings is 1. The van der Waals surface area contributed by atoms with Gasteiger partial charge in [-0.25, -0.2) is 19.2 Å². The molecule has 16 nitrogen and oxygen atoms in total. The molecule has 0 spiro atoms. The molecule has 398 valence electrons. The van der Waals surface area contributed by atoms with Crippen molar-refractivity contribution in [2.75, 3.05) is 78.1 Å². The van der Waals surface area contributed by atoms with Gasteiger partial charge in [-0.05, 0) is 62.9 Å². The maximum Gasteiger partial charge on any atom is 0.406 e. The molecule has 0 unspecified atom stereocenters. The van der Waals surface area contributed by atoms with E-state index in [4.69, 9.17) is 35.8 Å². The minimum atomic E-state index is -4.75. The number of carbonyl (C=O) groups excluding carboxylic acids is 4. The van der Waals surface area contributed by atoms with Crippen molar-refractivity contribution >= 4 is 63.2 Å². The van der Waals surface area contributed by atoms with Crippen LogP contribution in [0.2, 0.25) is 0 Å². The van der Waals surface area contributed by atoms with Crippen LogP contribution in [0.4, 0.5) is 27.6 Å². The van der Waals surface area contributed by atoms with E-state index in [0.29, 0.717) is 58.8 Å². The first-order chi connectivity index (χ1) is 34.5. The van der Waals surface area contributed by atoms with Gasteiger partial charge in [0, 0.05) is 86.7 Å². The van der Waals surface area contributed by atoms with Crippen LogP contribution in [0.5, 0.6) is 0 Å². The maximum absolute atomic E-state index is 16.9. The summed E-state index contributed by atoms with van der Waals surface area (Å²) in [6.07, 6.45) is -3.51. The predicted molar refractivity (Wildman–Crippen MR) is 265 cm³/mol. The summed E-state index contributed by atoms with van der Waals surface area (Å²) in [5, 5.41) is 6.45. The molecule has 7 heterocycles. The van der Waals surface area contributed by atoms with Gasteiger partial charge in [-0.2, -0.15) is 13.2 Å². The number of esters is 1. The van der Waals surface area contributed by atoms with E-state index < -0.39 is 83.5 Å². The van der Waals surface area contributed by atoms with E-state index in [0.717, 1.165) is 35.1 Å². The molecule has 3 aromatic heterocycles. The normalized spacial score (nSPS) is 21.7. The van der Waals surface area contributed by atoms with Gasteiger partial charge in [-0.3, -0.25) is 29.2 Å². The zero-order valence-electron chi connectivity index (χ0n) is 42.0. The average molecular weight is 1060 g/mol. The number of likely N-dealkylation sites (tertiary alicyclic amines) is 1. The monoisotopic (exact) mass is 1060 g/mol. The molecule has 8 rings (SSSR count). The van der Waals surface area contributed by atoms with Crippen molar-refractivity contribution in [1.82, 2.24) is 40.1 Å². The lowest BCUT2D eigenvalue weighted by Gasteiger charge is -2.39. The van der Waals surface area contributed by atoms with E-state index in [1.165, 1.54) is 23.1 Å². The summed E-state index contributed by atoms with van der Waals surface area (Å²) in [4.78, 5) is 69.8. The van der Waals surface area contributed by atoms with Crippen LogP contribution in [-0.4, -0.2) is 156 Å². The van der Waals surface area contributed by atoms with E-state index in [1.54, 1.807) is 18.5 Å². The Morgan fingerprint density at radius 1 is 1.07 bits per heavy atom. The number of hydrazine groups is 1. The Labute approximate surface area is 429 Å². The SMILES string of the molecule is CO[C@@H](C)c1ncc(N2CCN(C)CC2)cc1-c1c2c3cc(c(F)cc3n1CC(F)(F)F)-c1csc(n1)C[C@H](NC(=O)[C@@H](COC1CN(C(=O)[C@H](F)Cl)C1)C(C)C)C(=O)N1CCC[C@H](N1)C(=O)OCC(C)(C)C2. The number of rotatable bonds is 12. The van der Waals surface area contributed by atoms with Crippen molar-refractivity contribution in [2.24, 2.45) is 17.3 Å². The summed E-state index contributed by atoms with van der Waals surface area (Å²) in [7, 11) is 3.51. The number of nitrogens with zero attached hydrogens (tertiary/aromatic N) is 7. The first-order valence-corrected chi connectivity index (χ1v) is 25.9. The van der Waals surface area contributed by atoms with Crippen molar-refractivity contribution in [3.63, 3.8) is 0 Å². The van der Waals surface area contributed by atoms with Gasteiger partial charge in [0.25, 0.3) is 17.4 Å². The maximum atomic E-state index is 16.9. The first kappa shape index (κ1) is 54.3. The molecule has 0 aliphatic carbocycles. The molecule has 4 aliphatic rings. The highest BCUT2D eigenvalue weighted by Crippen LogP contribution is 2.45. The minimum absolute atomic E-state index is 0.000851. The third-order valence-electron chi connectivity index (χ3n) is 14.2. The molecule has 4 aromatic rings. The molecule has 2 N–H and O–H groups in total. The minimum Gasteiger partial charge on any atom is -0.464 e. The highest BCUT2D eigenvalue weighted by Gasteiger charge is 2.40. The predicted octanol–water partition coefficient (Wildman–Crippen LogP) is 6.67. The van der Waals surface area contributed by atoms with Crippen molar-refractivity contribution in [2.45, 2.75) is 103 Å². The number of methoxy groups -OCH3 is 1. The number of cyclic esters (lactones) is 1. The lowest BCUT2D eigenvalue weighted by molar-refractivity contribution is -0.155. The summed E-state index contributed by atoms with van der Waals surface area (Å²) in [6.45, 7) is 10.6. The van der Waals surface area contributed by atoms with Gasteiger partial charge in [0.2, 0.25) is 5.91 Å². The van der Waals surface area contributed by atoms with E-state index in [1.807, 2.05) is 40.8 Å². The highest BCUT2D eigenvalue weighted by atomic mass is 35.5. The Morgan fingerprint density at radius 2 is 1.79 bits per heavy atom. The van der Waals surface area contributed by atoms with Crippen LogP contribution in [0.15, 0.2) is 29.8 Å². The van der Waals surface area contributed by atoms with E-state index in [-0.39, 0.29) is 74.1 Å². The third-order valence-corrected chi connectivity index (χ3v) is 15.2. The Kier molecular flexibility index (Phi) is 16.4. The fraction of sp³-hybridized carbons (Fsp3) is 0.600. The number of benzene rings is 1. The number of pyridine rings is 1. The van der Waals surface area contributed by atoms with Crippen LogP contribution >= 0.6 is 22.9 Å². The van der Waals surface area contributed by atoms with Crippen LogP contribution in [0.3, 0.4) is 0 Å². The second-order valence-electron chi connectivity index (χ2n) is 20.7. The summed E-state index contributed by atoms with van der Waals surface area (Å²) >= 11 is 6.43. The van der Waals surface area contributed by atoms with Gasteiger partial charge in [-0.1, -0.05) is 39.3 Å². The molecular weight excluding hydrogens is 1000 g/mol. The van der Waals surface area contributed by atoms with Gasteiger partial charge < -0.3 is 38.8 Å². The number of nitrogens with one attached hydrogen (secondary N) is 2. The number of aromatic nitrogens is 3. The molecular formula is C50H63ClF5N9O7S. The molecule has 3 amide bonds. The molecule has 3 fully saturated rings. The number of halogens is 6. The molecule has 6 bridgehead atoms. The quantitative estimate of drug-likeness (QED) is 0.0882. The number of alkyl halides is 5. The molecule has 0 radical (unpaired) electrons. The number of amides is 3. The fourth-order valence-corrected chi connectivity index (χ4v) is 10.8. The topological polar surface area (TPSA) is 164 Å². The van der Waals surface area contributed by atoms with Gasteiger partial charge in [-0.15, -0.1) is 11.3 Å². The molecule has 0 saturated carbocycles. The molecule has 4 aliphatic heterocycles. The van der Waals surface area contributed by atoms with E-state index in [2.05, 4.69) is 20.5 Å². The van der Waals surface area contributed by atoms with Gasteiger partial charge in [0.15, 0.2) is 0 Å². The molecule has 73 heavy (non-hydrogen) atoms. The molecule has 3 saturated heterocycles. The van der Waals surface area contributed by atoms with E-state index in [9.17, 15) is 36.7 Å². The Morgan fingerprint density at radius 3 is 2.47 bits per heavy atom. The number of hydrogen-bond donors (Lipinski definition) is 2. The number of carbonyl (C=O) groups is 4. The fourth-order valence-electron chi connectivity index (χ4n) is 9.85. The second-order valence-corrected chi connectivity index (χ2v) is 22.0. The van der Waals surface area contributed by atoms with Crippen LogP contribution < -0.4 is 15.6 Å². The average Bonchev–Trinajstić information content (AvgIpc) is 3.90. The summed E-state index contributed by atoms with van der Waals surface area (Å²) in [5.41, 5.74) is 2.17. The number of thiazole rings is 1. The van der Waals surface area contributed by atoms with Crippen molar-refractivity contribution < 1.29 is 55.3 Å². The van der Waals surface area contributed by atoms with E-state index >= 15 is 4.39 Å². The van der Waals surface area contributed by atoms with Gasteiger partial charge in [0.05, 0.1) is 70.8 Å². The first-order valence-electron chi connectivity index (χ1n) is 24.6. The molecule has 23 heteroatoms. The number of fused-ring (bicyclic) bond motifs is 6. The Bertz CT molecular complexity index is 2690. The smallest absolute Gasteiger partial charge is 0.406 e. The van der Waals surface area contributed by atoms with Crippen molar-refractivity contribution in [3.05, 3.63) is 51.9 Å². The third kappa shape index (κ3) is 12.3. The van der Waals surface area contributed by atoms with Crippen LogP contribution in [-0.2, 0) is 52.8 Å². The largest absolute Gasteiger partial charge is 0.464 e. The van der Waals surface area contributed by atoms with Crippen LogP contribution in [0, 0.1) is 23.1 Å². The standard InChI is InChI=1S/C50H63ClF5N9O7S/c1-27(2)35(23-71-30-21-63(22-30)47(68)44(51)53)45(66)59-38-18-41-58-39(24-73-41)32-16-31-34(19-49(4,5)26-72-48(69)37-9-8-10-65(60-37)46(38)67)43(64(25-50(54,55)56)40(31)17-36(32)52)33-15-29(20-57-42(33)28(3)70-7)62-13-11-61(6)12-14-62/h15-17,20,24,27-28,30,35,37-38,44,60H,8-14,18-19,21-23,25-26H2,1-7H3,(H,59,66)/t28-,35-,37-,38-,44-/m0/s1. The number of anilines is 1. The van der Waals surface area contributed by atoms with Crippen molar-refractivity contribution in [3.8, 4) is 22.5 Å². The zero-order chi connectivity index (χ0) is 52.7. The van der Waals surface area contributed by atoms with Crippen LogP contribution in [0.1, 0.15) is 69.8 Å². The summed E-state index contributed by atoms with van der Waals surface area (Å²) in [5.74, 6) is -4.50. The molecule has 5 atom stereocenters. The molecule has 1 aromatic carbocycles. The van der Waals surface area contributed by atoms with Crippen LogP contribution in [0.25, 0.3) is 33.4 Å². The summed E-state index contributed by atoms with van der Waals surface area (Å²) in [6, 6.07) is 2.25. The number of likely N-dealkylation sites (N-methyl/N-ethyl adjacent to an activating group) is 1. The highest BCUT2D eigenvalue weighted by molar-refractivity contribution is 7.10. The second kappa shape index (κ2) is 22.1. The van der Waals surface area contributed by atoms with Gasteiger partial charge >= 0.3 is 12.1 Å². The van der Waals surface area contributed by atoms with Gasteiger partial charge in [0.1, 0.15) is 24.4 Å². The Balaban J connectivity index is 1.22.